The molecule has 0 aliphatic heterocycles. The van der Waals surface area contributed by atoms with Crippen LogP contribution in [0.4, 0.5) is 0 Å². The fourth-order valence-corrected chi connectivity index (χ4v) is 2.72. The third-order valence-corrected chi connectivity index (χ3v) is 4.23. The van der Waals surface area contributed by atoms with Crippen LogP contribution in [0, 0.1) is 6.92 Å². The van der Waals surface area contributed by atoms with Gasteiger partial charge >= 0.3 is 0 Å². The maximum absolute atomic E-state index is 13.0. The largest absolute Gasteiger partial charge is 0.391 e. The Hall–Kier alpha value is -2.73. The number of rotatable bonds is 6. The van der Waals surface area contributed by atoms with E-state index in [4.69, 9.17) is 0 Å². The van der Waals surface area contributed by atoms with Gasteiger partial charge in [-0.3, -0.25) is 9.20 Å². The van der Waals surface area contributed by atoms with Crippen molar-refractivity contribution in [3.8, 4) is 0 Å². The SMILES string of the molecule is CCC(O)CN(Cc1ccccc1)C(=O)c1ccc2nnc(C)n2c1. The molecule has 0 saturated heterocycles. The van der Waals surface area contributed by atoms with Crippen LogP contribution < -0.4 is 0 Å². The van der Waals surface area contributed by atoms with E-state index in [0.717, 1.165) is 11.4 Å². The van der Waals surface area contributed by atoms with Gasteiger partial charge in [0.2, 0.25) is 0 Å². The highest BCUT2D eigenvalue weighted by Crippen LogP contribution is 2.13. The molecule has 25 heavy (non-hydrogen) atoms. The molecule has 6 nitrogen and oxygen atoms in total. The first-order valence-corrected chi connectivity index (χ1v) is 8.41. The second kappa shape index (κ2) is 7.44. The molecule has 0 spiro atoms. The number of pyridine rings is 1. The first-order valence-electron chi connectivity index (χ1n) is 8.41. The van der Waals surface area contributed by atoms with E-state index in [-0.39, 0.29) is 5.91 Å². The number of aryl methyl sites for hydroxylation is 1. The summed E-state index contributed by atoms with van der Waals surface area (Å²) >= 11 is 0. The van der Waals surface area contributed by atoms with Crippen LogP contribution >= 0.6 is 0 Å². The summed E-state index contributed by atoms with van der Waals surface area (Å²) in [6, 6.07) is 13.3. The molecule has 2 aromatic heterocycles. The fourth-order valence-electron chi connectivity index (χ4n) is 2.72. The number of fused-ring (bicyclic) bond motifs is 1. The second-order valence-corrected chi connectivity index (χ2v) is 6.13. The van der Waals surface area contributed by atoms with Gasteiger partial charge in [-0.05, 0) is 31.0 Å². The molecular formula is C19H22N4O2. The first kappa shape index (κ1) is 17.1. The van der Waals surface area contributed by atoms with Crippen molar-refractivity contribution in [2.75, 3.05) is 6.54 Å². The van der Waals surface area contributed by atoms with E-state index in [1.165, 1.54) is 0 Å². The summed E-state index contributed by atoms with van der Waals surface area (Å²) in [4.78, 5) is 14.7. The van der Waals surface area contributed by atoms with Gasteiger partial charge < -0.3 is 10.0 Å². The monoisotopic (exact) mass is 338 g/mol. The van der Waals surface area contributed by atoms with Crippen LogP contribution in [-0.4, -0.2) is 43.2 Å². The van der Waals surface area contributed by atoms with E-state index in [9.17, 15) is 9.90 Å². The third kappa shape index (κ3) is 3.85. The van der Waals surface area contributed by atoms with Crippen molar-refractivity contribution in [3.63, 3.8) is 0 Å². The summed E-state index contributed by atoms with van der Waals surface area (Å²) < 4.78 is 1.80. The Morgan fingerprint density at radius 3 is 2.68 bits per heavy atom. The van der Waals surface area contributed by atoms with Crippen LogP contribution in [0.1, 0.15) is 35.1 Å². The molecule has 0 aliphatic carbocycles. The van der Waals surface area contributed by atoms with Crippen molar-refractivity contribution in [3.05, 3.63) is 65.6 Å². The molecule has 0 bridgehead atoms. The third-order valence-electron chi connectivity index (χ3n) is 4.23. The molecule has 3 rings (SSSR count). The number of nitrogens with zero attached hydrogens (tertiary/aromatic N) is 4. The molecule has 1 amide bonds. The number of aliphatic hydroxyl groups excluding tert-OH is 1. The number of aromatic nitrogens is 3. The molecule has 1 unspecified atom stereocenters. The first-order chi connectivity index (χ1) is 12.1. The van der Waals surface area contributed by atoms with Gasteiger partial charge in [0.25, 0.3) is 5.91 Å². The van der Waals surface area contributed by atoms with Gasteiger partial charge in [-0.2, -0.15) is 0 Å². The molecule has 1 N–H and O–H groups in total. The topological polar surface area (TPSA) is 70.7 Å². The summed E-state index contributed by atoms with van der Waals surface area (Å²) in [7, 11) is 0. The molecular weight excluding hydrogens is 316 g/mol. The lowest BCUT2D eigenvalue weighted by atomic mass is 10.1. The van der Waals surface area contributed by atoms with Crippen LogP contribution in [0.3, 0.4) is 0 Å². The summed E-state index contributed by atoms with van der Waals surface area (Å²) in [5.74, 6) is 0.610. The minimum Gasteiger partial charge on any atom is -0.391 e. The fraction of sp³-hybridized carbons (Fsp3) is 0.316. The van der Waals surface area contributed by atoms with Crippen molar-refractivity contribution in [1.29, 1.82) is 0 Å². The Bertz CT molecular complexity index is 860. The Labute approximate surface area is 146 Å². The van der Waals surface area contributed by atoms with Crippen LogP contribution in [-0.2, 0) is 6.54 Å². The normalized spacial score (nSPS) is 12.3. The number of aliphatic hydroxyl groups is 1. The zero-order valence-corrected chi connectivity index (χ0v) is 14.5. The lowest BCUT2D eigenvalue weighted by Crippen LogP contribution is -2.37. The van der Waals surface area contributed by atoms with Gasteiger partial charge in [0.05, 0.1) is 11.7 Å². The van der Waals surface area contributed by atoms with Crippen molar-refractivity contribution in [2.24, 2.45) is 0 Å². The number of carbonyl (C=O) groups excluding carboxylic acids is 1. The Balaban J connectivity index is 1.89. The van der Waals surface area contributed by atoms with Crippen LogP contribution in [0.5, 0.6) is 0 Å². The smallest absolute Gasteiger partial charge is 0.255 e. The maximum Gasteiger partial charge on any atom is 0.255 e. The highest BCUT2D eigenvalue weighted by atomic mass is 16.3. The molecule has 1 aromatic carbocycles. The second-order valence-electron chi connectivity index (χ2n) is 6.13. The number of hydrogen-bond acceptors (Lipinski definition) is 4. The summed E-state index contributed by atoms with van der Waals surface area (Å²) in [6.07, 6.45) is 1.80. The van der Waals surface area contributed by atoms with E-state index < -0.39 is 6.10 Å². The molecule has 2 heterocycles. The number of amides is 1. The van der Waals surface area contributed by atoms with Crippen LogP contribution in [0.15, 0.2) is 48.7 Å². The average Bonchev–Trinajstić information content (AvgIpc) is 3.01. The van der Waals surface area contributed by atoms with E-state index in [2.05, 4.69) is 10.2 Å². The molecule has 0 saturated carbocycles. The summed E-state index contributed by atoms with van der Waals surface area (Å²) in [5, 5.41) is 18.1. The molecule has 130 valence electrons. The Kier molecular flexibility index (Phi) is 5.09. The van der Waals surface area contributed by atoms with Crippen molar-refractivity contribution in [2.45, 2.75) is 32.9 Å². The van der Waals surface area contributed by atoms with Gasteiger partial charge in [0.1, 0.15) is 5.82 Å². The zero-order chi connectivity index (χ0) is 17.8. The molecule has 0 radical (unpaired) electrons. The van der Waals surface area contributed by atoms with E-state index in [0.29, 0.717) is 30.7 Å². The van der Waals surface area contributed by atoms with E-state index in [1.54, 1.807) is 27.6 Å². The van der Waals surface area contributed by atoms with Gasteiger partial charge in [0, 0.05) is 19.3 Å². The predicted octanol–water partition coefficient (Wildman–Crippen LogP) is 2.45. The van der Waals surface area contributed by atoms with Crippen LogP contribution in [0.2, 0.25) is 0 Å². The minimum atomic E-state index is -0.548. The van der Waals surface area contributed by atoms with Crippen LogP contribution in [0.25, 0.3) is 5.65 Å². The summed E-state index contributed by atoms with van der Waals surface area (Å²) in [6.45, 7) is 4.50. The number of carbonyl (C=O) groups is 1. The van der Waals surface area contributed by atoms with Gasteiger partial charge in [-0.15, -0.1) is 10.2 Å². The molecule has 0 fully saturated rings. The van der Waals surface area contributed by atoms with Crippen molar-refractivity contribution >= 4 is 11.6 Å². The van der Waals surface area contributed by atoms with Gasteiger partial charge in [-0.1, -0.05) is 37.3 Å². The Morgan fingerprint density at radius 1 is 1.20 bits per heavy atom. The quantitative estimate of drug-likeness (QED) is 0.749. The van der Waals surface area contributed by atoms with Gasteiger partial charge in [0.15, 0.2) is 5.65 Å². The lowest BCUT2D eigenvalue weighted by molar-refractivity contribution is 0.0598. The number of benzene rings is 1. The Morgan fingerprint density at radius 2 is 1.96 bits per heavy atom. The average molecular weight is 338 g/mol. The number of hydrogen-bond donors (Lipinski definition) is 1. The highest BCUT2D eigenvalue weighted by molar-refractivity contribution is 5.94. The zero-order valence-electron chi connectivity index (χ0n) is 14.5. The predicted molar refractivity (Wildman–Crippen MR) is 95.2 cm³/mol. The van der Waals surface area contributed by atoms with Crippen molar-refractivity contribution < 1.29 is 9.90 Å². The van der Waals surface area contributed by atoms with E-state index in [1.807, 2.05) is 44.2 Å². The van der Waals surface area contributed by atoms with E-state index >= 15 is 0 Å². The lowest BCUT2D eigenvalue weighted by Gasteiger charge is -2.25. The summed E-state index contributed by atoms with van der Waals surface area (Å²) in [5.41, 5.74) is 2.28. The standard InChI is InChI=1S/C19H22N4O2/c1-3-17(24)13-22(11-15-7-5-4-6-8-15)19(25)16-9-10-18-21-20-14(2)23(18)12-16/h4-10,12,17,24H,3,11,13H2,1-2H3. The van der Waals surface area contributed by atoms with Gasteiger partial charge in [-0.25, -0.2) is 0 Å². The highest BCUT2D eigenvalue weighted by Gasteiger charge is 2.20. The molecule has 6 heteroatoms. The van der Waals surface area contributed by atoms with Crippen molar-refractivity contribution in [1.82, 2.24) is 19.5 Å². The molecule has 0 aliphatic rings. The molecule has 1 atom stereocenters. The molecule has 3 aromatic rings. The maximum atomic E-state index is 13.0. The minimum absolute atomic E-state index is 0.119.